The third kappa shape index (κ3) is 4.33. The molecule has 2 heteroatoms. The van der Waals surface area contributed by atoms with Crippen molar-refractivity contribution in [2.45, 2.75) is 73.9 Å². The summed E-state index contributed by atoms with van der Waals surface area (Å²) in [4.78, 5) is 1.63. The van der Waals surface area contributed by atoms with Crippen LogP contribution in [0.3, 0.4) is 0 Å². The maximum absolute atomic E-state index is 3.91. The van der Waals surface area contributed by atoms with Crippen molar-refractivity contribution in [1.29, 1.82) is 0 Å². The average molecular weight is 352 g/mol. The van der Waals surface area contributed by atoms with E-state index in [1.807, 2.05) is 0 Å². The first-order valence-electron chi connectivity index (χ1n) is 7.05. The van der Waals surface area contributed by atoms with Crippen LogP contribution in [0.4, 0.5) is 0 Å². The van der Waals surface area contributed by atoms with Crippen molar-refractivity contribution in [3.63, 3.8) is 0 Å². The van der Waals surface area contributed by atoms with Crippen LogP contribution >= 0.6 is 31.9 Å². The molecule has 2 rings (SSSR count). The van der Waals surface area contributed by atoms with Gasteiger partial charge >= 0.3 is 0 Å². The first-order valence-corrected chi connectivity index (χ1v) is 8.88. The van der Waals surface area contributed by atoms with Gasteiger partial charge in [0.25, 0.3) is 0 Å². The van der Waals surface area contributed by atoms with Crippen molar-refractivity contribution in [3.8, 4) is 0 Å². The second-order valence-corrected chi connectivity index (χ2v) is 8.17. The molecule has 0 bridgehead atoms. The third-order valence-electron chi connectivity index (χ3n) is 4.28. The van der Waals surface area contributed by atoms with E-state index in [9.17, 15) is 0 Å². The Balaban J connectivity index is 1.76. The van der Waals surface area contributed by atoms with Crippen molar-refractivity contribution in [2.24, 2.45) is 11.8 Å². The fraction of sp³-hybridized carbons (Fsp3) is 1.00. The molecule has 94 valence electrons. The lowest BCUT2D eigenvalue weighted by Gasteiger charge is -2.08. The molecule has 0 saturated heterocycles. The van der Waals surface area contributed by atoms with Crippen LogP contribution in [0.15, 0.2) is 0 Å². The summed E-state index contributed by atoms with van der Waals surface area (Å²) in [5.41, 5.74) is 0. The van der Waals surface area contributed by atoms with E-state index >= 15 is 0 Å². The Hall–Kier alpha value is 0.960. The molecule has 2 saturated carbocycles. The van der Waals surface area contributed by atoms with Crippen molar-refractivity contribution < 1.29 is 0 Å². The minimum atomic E-state index is 0.797. The van der Waals surface area contributed by atoms with E-state index in [-0.39, 0.29) is 0 Å². The van der Waals surface area contributed by atoms with Crippen LogP contribution in [-0.2, 0) is 0 Å². The number of rotatable bonds is 0. The van der Waals surface area contributed by atoms with E-state index in [1.165, 1.54) is 64.2 Å². The molecule has 0 aliphatic heterocycles. The summed E-state index contributed by atoms with van der Waals surface area (Å²) >= 11 is 7.74. The molecule has 0 aromatic heterocycles. The molecular weight excluding hydrogens is 328 g/mol. The normalized spacial score (nSPS) is 42.4. The highest BCUT2D eigenvalue weighted by Crippen LogP contribution is 2.48. The maximum Gasteiger partial charge on any atom is 0.0176 e. The van der Waals surface area contributed by atoms with Crippen LogP contribution in [0, 0.1) is 11.8 Å². The first-order chi connectivity index (χ1) is 7.77. The lowest BCUT2D eigenvalue weighted by Crippen LogP contribution is -2.02. The van der Waals surface area contributed by atoms with Gasteiger partial charge in [0.1, 0.15) is 0 Å². The Morgan fingerprint density at radius 3 is 2.19 bits per heavy atom. The summed E-state index contributed by atoms with van der Waals surface area (Å²) in [7, 11) is 0. The van der Waals surface area contributed by atoms with Crippen LogP contribution < -0.4 is 0 Å². The van der Waals surface area contributed by atoms with Gasteiger partial charge in [-0.25, -0.2) is 0 Å². The Bertz CT molecular complexity index is 205. The average Bonchev–Trinajstić information content (AvgIpc) is 3.01. The summed E-state index contributed by atoms with van der Waals surface area (Å²) in [5, 5.41) is 0. The second kappa shape index (κ2) is 6.78. The lowest BCUT2D eigenvalue weighted by molar-refractivity contribution is 0.556. The van der Waals surface area contributed by atoms with Crippen LogP contribution in [-0.4, -0.2) is 9.65 Å². The van der Waals surface area contributed by atoms with Gasteiger partial charge in [0.05, 0.1) is 0 Å². The minimum Gasteiger partial charge on any atom is -0.0891 e. The highest BCUT2D eigenvalue weighted by Gasteiger charge is 2.40. The van der Waals surface area contributed by atoms with Crippen molar-refractivity contribution in [3.05, 3.63) is 0 Å². The van der Waals surface area contributed by atoms with Gasteiger partial charge in [0.2, 0.25) is 0 Å². The van der Waals surface area contributed by atoms with Gasteiger partial charge in [-0.05, 0) is 37.5 Å². The highest BCUT2D eigenvalue weighted by atomic mass is 79.9. The zero-order valence-electron chi connectivity index (χ0n) is 10.1. The smallest absolute Gasteiger partial charge is 0.0176 e. The van der Waals surface area contributed by atoms with Gasteiger partial charge in [0.15, 0.2) is 0 Å². The zero-order valence-corrected chi connectivity index (χ0v) is 13.3. The summed E-state index contributed by atoms with van der Waals surface area (Å²) in [6.45, 7) is 0. The number of fused-ring (bicyclic) bond motifs is 1. The Morgan fingerprint density at radius 2 is 1.38 bits per heavy atom. The second-order valence-electron chi connectivity index (χ2n) is 5.70. The van der Waals surface area contributed by atoms with E-state index in [4.69, 9.17) is 0 Å². The van der Waals surface area contributed by atoms with Gasteiger partial charge in [-0.2, -0.15) is 0 Å². The summed E-state index contributed by atoms with van der Waals surface area (Å²) in [5.74, 6) is 2.08. The monoisotopic (exact) mass is 350 g/mol. The molecule has 0 heterocycles. The van der Waals surface area contributed by atoms with Crippen LogP contribution in [0.1, 0.15) is 64.2 Å². The van der Waals surface area contributed by atoms with Gasteiger partial charge in [-0.1, -0.05) is 70.4 Å². The van der Waals surface area contributed by atoms with Crippen molar-refractivity contribution >= 4 is 31.9 Å². The predicted molar refractivity (Wildman–Crippen MR) is 78.6 cm³/mol. The van der Waals surface area contributed by atoms with E-state index in [0.29, 0.717) is 0 Å². The van der Waals surface area contributed by atoms with Gasteiger partial charge in [-0.15, -0.1) is 0 Å². The number of halogens is 2. The maximum atomic E-state index is 3.91. The van der Waals surface area contributed by atoms with Crippen LogP contribution in [0.2, 0.25) is 0 Å². The van der Waals surface area contributed by atoms with E-state index < -0.39 is 0 Å². The van der Waals surface area contributed by atoms with Gasteiger partial charge in [-0.3, -0.25) is 0 Å². The number of alkyl halides is 2. The standard InChI is InChI=1S/C14H24Br2/c15-12-7-3-1-2-4-9-14(16)13-10-11(13)6-5-8-12/h11-14H,1-10H2. The number of hydrogen-bond acceptors (Lipinski definition) is 0. The molecule has 0 amide bonds. The molecule has 0 spiro atoms. The van der Waals surface area contributed by atoms with E-state index in [2.05, 4.69) is 31.9 Å². The molecule has 4 atom stereocenters. The van der Waals surface area contributed by atoms with Crippen LogP contribution in [0.5, 0.6) is 0 Å². The molecule has 0 aromatic carbocycles. The summed E-state index contributed by atoms with van der Waals surface area (Å²) < 4.78 is 0. The van der Waals surface area contributed by atoms with E-state index in [0.717, 1.165) is 21.5 Å². The molecule has 2 aliphatic carbocycles. The van der Waals surface area contributed by atoms with E-state index in [1.54, 1.807) is 0 Å². The molecule has 0 nitrogen and oxygen atoms in total. The molecule has 0 aromatic rings. The molecule has 0 radical (unpaired) electrons. The van der Waals surface area contributed by atoms with Crippen LogP contribution in [0.25, 0.3) is 0 Å². The first kappa shape index (κ1) is 13.4. The summed E-state index contributed by atoms with van der Waals surface area (Å²) in [6.07, 6.45) is 14.4. The fourth-order valence-electron chi connectivity index (χ4n) is 3.06. The molecular formula is C14H24Br2. The lowest BCUT2D eigenvalue weighted by atomic mass is 10.1. The van der Waals surface area contributed by atoms with Crippen molar-refractivity contribution in [1.82, 2.24) is 0 Å². The Morgan fingerprint density at radius 1 is 0.688 bits per heavy atom. The molecule has 2 aliphatic rings. The largest absolute Gasteiger partial charge is 0.0891 e. The molecule has 4 unspecified atom stereocenters. The van der Waals surface area contributed by atoms with Gasteiger partial charge < -0.3 is 0 Å². The number of hydrogen-bond donors (Lipinski definition) is 0. The third-order valence-corrected chi connectivity index (χ3v) is 6.33. The molecule has 0 N–H and O–H groups in total. The summed E-state index contributed by atoms with van der Waals surface area (Å²) in [6, 6.07) is 0. The quantitative estimate of drug-likeness (QED) is 0.493. The van der Waals surface area contributed by atoms with Gasteiger partial charge in [0, 0.05) is 9.65 Å². The Labute approximate surface area is 117 Å². The minimum absolute atomic E-state index is 0.797. The molecule has 16 heavy (non-hydrogen) atoms. The highest BCUT2D eigenvalue weighted by molar-refractivity contribution is 9.09. The predicted octanol–water partition coefficient (Wildman–Crippen LogP) is 5.67. The topological polar surface area (TPSA) is 0 Å². The fourth-order valence-corrected chi connectivity index (χ4v) is 4.68. The van der Waals surface area contributed by atoms with Crippen molar-refractivity contribution in [2.75, 3.05) is 0 Å². The zero-order chi connectivity index (χ0) is 11.4. The Kier molecular flexibility index (Phi) is 5.67. The molecule has 2 fully saturated rings. The SMILES string of the molecule is BrC1CCCCCCC(Br)C2CC2CCC1.